The molecule has 3 nitrogen and oxygen atoms in total. The molecule has 19 heavy (non-hydrogen) atoms. The molecule has 0 saturated carbocycles. The summed E-state index contributed by atoms with van der Waals surface area (Å²) in [5.74, 6) is -0.503. The lowest BCUT2D eigenvalue weighted by Gasteiger charge is -2.06. The van der Waals surface area contributed by atoms with Gasteiger partial charge in [-0.05, 0) is 35.9 Å². The van der Waals surface area contributed by atoms with E-state index in [0.29, 0.717) is 17.4 Å². The minimum Gasteiger partial charge on any atom is -0.298 e. The third kappa shape index (κ3) is 2.88. The van der Waals surface area contributed by atoms with Gasteiger partial charge in [0.2, 0.25) is 0 Å². The van der Waals surface area contributed by atoms with Gasteiger partial charge in [-0.3, -0.25) is 4.79 Å². The summed E-state index contributed by atoms with van der Waals surface area (Å²) in [6.45, 7) is 0. The summed E-state index contributed by atoms with van der Waals surface area (Å²) in [5.41, 5.74) is 0.959. The molecule has 0 spiro atoms. The molecule has 2 aromatic carbocycles. The second kappa shape index (κ2) is 4.93. The van der Waals surface area contributed by atoms with Crippen molar-refractivity contribution in [2.75, 3.05) is 6.26 Å². The first-order chi connectivity index (χ1) is 8.91. The van der Waals surface area contributed by atoms with Gasteiger partial charge < -0.3 is 0 Å². The van der Waals surface area contributed by atoms with Gasteiger partial charge in [0.1, 0.15) is 12.1 Å². The predicted molar refractivity (Wildman–Crippen MR) is 70.3 cm³/mol. The van der Waals surface area contributed by atoms with E-state index in [2.05, 4.69) is 0 Å². The van der Waals surface area contributed by atoms with Crippen LogP contribution in [0, 0.1) is 5.82 Å². The third-order valence-electron chi connectivity index (χ3n) is 2.70. The largest absolute Gasteiger partial charge is 0.298 e. The third-order valence-corrected chi connectivity index (χ3v) is 3.81. The van der Waals surface area contributed by atoms with Gasteiger partial charge in [0, 0.05) is 17.4 Å². The molecule has 0 atom stereocenters. The van der Waals surface area contributed by atoms with Crippen molar-refractivity contribution < 1.29 is 17.6 Å². The Morgan fingerprint density at radius 1 is 1.11 bits per heavy atom. The highest BCUT2D eigenvalue weighted by Gasteiger charge is 2.11. The molecule has 0 unspecified atom stereocenters. The molecule has 0 aromatic heterocycles. The molecule has 5 heteroatoms. The highest BCUT2D eigenvalue weighted by atomic mass is 32.2. The Morgan fingerprint density at radius 2 is 1.84 bits per heavy atom. The number of rotatable bonds is 3. The van der Waals surface area contributed by atoms with Crippen LogP contribution in [0.25, 0.3) is 11.1 Å². The molecule has 0 saturated heterocycles. The van der Waals surface area contributed by atoms with Crippen molar-refractivity contribution >= 4 is 16.1 Å². The average Bonchev–Trinajstić information content (AvgIpc) is 2.38. The molecule has 0 aliphatic heterocycles. The van der Waals surface area contributed by atoms with Crippen LogP contribution in [0.1, 0.15) is 10.4 Å². The second-order valence-electron chi connectivity index (χ2n) is 4.16. The van der Waals surface area contributed by atoms with Gasteiger partial charge in [-0.1, -0.05) is 12.1 Å². The highest BCUT2D eigenvalue weighted by Crippen LogP contribution is 2.25. The number of carbonyl (C=O) groups is 1. The highest BCUT2D eigenvalue weighted by molar-refractivity contribution is 7.90. The summed E-state index contributed by atoms with van der Waals surface area (Å²) in [4.78, 5) is 10.8. The van der Waals surface area contributed by atoms with Gasteiger partial charge in [-0.25, -0.2) is 12.8 Å². The van der Waals surface area contributed by atoms with E-state index in [9.17, 15) is 17.6 Å². The van der Waals surface area contributed by atoms with E-state index < -0.39 is 15.7 Å². The van der Waals surface area contributed by atoms with Crippen LogP contribution >= 0.6 is 0 Å². The van der Waals surface area contributed by atoms with Gasteiger partial charge >= 0.3 is 0 Å². The van der Waals surface area contributed by atoms with Crippen LogP contribution in [0.5, 0.6) is 0 Å². The van der Waals surface area contributed by atoms with Crippen LogP contribution in [0.4, 0.5) is 4.39 Å². The number of sulfone groups is 1. The minimum atomic E-state index is -3.35. The van der Waals surface area contributed by atoms with Crippen LogP contribution in [0.2, 0.25) is 0 Å². The van der Waals surface area contributed by atoms with E-state index in [1.165, 1.54) is 30.3 Å². The summed E-state index contributed by atoms with van der Waals surface area (Å²) in [6.07, 6.45) is 1.70. The van der Waals surface area contributed by atoms with Gasteiger partial charge in [0.05, 0.1) is 4.90 Å². The molecule has 0 bridgehead atoms. The number of halogens is 1. The zero-order valence-electron chi connectivity index (χ0n) is 10.1. The first-order valence-corrected chi connectivity index (χ1v) is 7.36. The van der Waals surface area contributed by atoms with E-state index in [1.807, 2.05) is 0 Å². The van der Waals surface area contributed by atoms with Crippen LogP contribution in [-0.2, 0) is 9.84 Å². The Balaban J connectivity index is 2.62. The monoisotopic (exact) mass is 278 g/mol. The first kappa shape index (κ1) is 13.4. The van der Waals surface area contributed by atoms with Gasteiger partial charge in [0.15, 0.2) is 9.84 Å². The Kier molecular flexibility index (Phi) is 3.48. The molecule has 0 heterocycles. The molecule has 2 aromatic rings. The lowest BCUT2D eigenvalue weighted by Crippen LogP contribution is -1.97. The Hall–Kier alpha value is -2.01. The van der Waals surface area contributed by atoms with Crippen molar-refractivity contribution in [1.29, 1.82) is 0 Å². The van der Waals surface area contributed by atoms with Crippen molar-refractivity contribution in [3.8, 4) is 11.1 Å². The summed E-state index contributed by atoms with van der Waals surface area (Å²) < 4.78 is 36.7. The maximum Gasteiger partial charge on any atom is 0.175 e. The van der Waals surface area contributed by atoms with Gasteiger partial charge in [0.25, 0.3) is 0 Å². The topological polar surface area (TPSA) is 51.2 Å². The van der Waals surface area contributed by atoms with Gasteiger partial charge in [-0.15, -0.1) is 0 Å². The molecule has 0 aliphatic carbocycles. The molecule has 0 fully saturated rings. The first-order valence-electron chi connectivity index (χ1n) is 5.47. The normalized spacial score (nSPS) is 11.3. The number of hydrogen-bond acceptors (Lipinski definition) is 3. The predicted octanol–water partition coefficient (Wildman–Crippen LogP) is 2.71. The smallest absolute Gasteiger partial charge is 0.175 e. The number of benzene rings is 2. The molecular weight excluding hydrogens is 267 g/mol. The van der Waals surface area contributed by atoms with Crippen molar-refractivity contribution in [3.05, 3.63) is 53.8 Å². The summed E-state index contributed by atoms with van der Waals surface area (Å²) in [6, 6.07) is 9.92. The van der Waals surface area contributed by atoms with E-state index in [4.69, 9.17) is 0 Å². The lowest BCUT2D eigenvalue weighted by atomic mass is 10.0. The van der Waals surface area contributed by atoms with Crippen LogP contribution in [0.3, 0.4) is 0 Å². The number of carbonyl (C=O) groups excluding carboxylic acids is 1. The molecule has 0 radical (unpaired) electrons. The number of hydrogen-bond donors (Lipinski definition) is 0. The maximum atomic E-state index is 13.8. The second-order valence-corrected chi connectivity index (χ2v) is 6.17. The Bertz CT molecular complexity index is 736. The summed E-state index contributed by atoms with van der Waals surface area (Å²) in [5, 5.41) is 0. The molecule has 98 valence electrons. The Morgan fingerprint density at radius 3 is 2.47 bits per heavy atom. The van der Waals surface area contributed by atoms with Crippen molar-refractivity contribution in [2.45, 2.75) is 4.90 Å². The molecule has 0 aliphatic rings. The fourth-order valence-electron chi connectivity index (χ4n) is 1.73. The van der Waals surface area contributed by atoms with Crippen molar-refractivity contribution in [2.24, 2.45) is 0 Å². The van der Waals surface area contributed by atoms with Crippen LogP contribution in [-0.4, -0.2) is 21.0 Å². The summed E-state index contributed by atoms with van der Waals surface area (Å²) in [7, 11) is -3.35. The van der Waals surface area contributed by atoms with Crippen molar-refractivity contribution in [3.63, 3.8) is 0 Å². The minimum absolute atomic E-state index is 0.112. The van der Waals surface area contributed by atoms with E-state index in [1.54, 1.807) is 12.1 Å². The van der Waals surface area contributed by atoms with Crippen LogP contribution in [0.15, 0.2) is 47.4 Å². The quantitative estimate of drug-likeness (QED) is 0.811. The zero-order chi connectivity index (χ0) is 14.0. The SMILES string of the molecule is CS(=O)(=O)c1cccc(-c2cc(C=O)ccc2F)c1. The fourth-order valence-corrected chi connectivity index (χ4v) is 2.40. The molecular formula is C14H11FO3S. The van der Waals surface area contributed by atoms with Gasteiger partial charge in [-0.2, -0.15) is 0 Å². The zero-order valence-corrected chi connectivity index (χ0v) is 10.9. The van der Waals surface area contributed by atoms with E-state index >= 15 is 0 Å². The van der Waals surface area contributed by atoms with E-state index in [0.717, 1.165) is 6.26 Å². The fraction of sp³-hybridized carbons (Fsp3) is 0.0714. The molecule has 0 amide bonds. The molecule has 2 rings (SSSR count). The van der Waals surface area contributed by atoms with Crippen LogP contribution < -0.4 is 0 Å². The Labute approximate surface area is 110 Å². The summed E-state index contributed by atoms with van der Waals surface area (Å²) >= 11 is 0. The standard InChI is InChI=1S/C14H11FO3S/c1-19(17,18)12-4-2-3-11(8-12)13-7-10(9-16)5-6-14(13)15/h2-9H,1H3. The average molecular weight is 278 g/mol. The number of aldehydes is 1. The lowest BCUT2D eigenvalue weighted by molar-refractivity contribution is 0.112. The maximum absolute atomic E-state index is 13.8. The van der Waals surface area contributed by atoms with Crippen molar-refractivity contribution in [1.82, 2.24) is 0 Å². The molecule has 0 N–H and O–H groups in total. The van der Waals surface area contributed by atoms with E-state index in [-0.39, 0.29) is 10.5 Å².